The first kappa shape index (κ1) is 47.4. The van der Waals surface area contributed by atoms with E-state index in [2.05, 4.69) is 36.0 Å². The number of carbonyl (C=O) groups excluding carboxylic acids is 1. The summed E-state index contributed by atoms with van der Waals surface area (Å²) in [5.41, 5.74) is 4.13. The van der Waals surface area contributed by atoms with Crippen LogP contribution < -0.4 is 9.47 Å². The van der Waals surface area contributed by atoms with E-state index in [9.17, 15) is 19.4 Å². The third-order valence-corrected chi connectivity index (χ3v) is 13.2. The second kappa shape index (κ2) is 22.6. The zero-order chi connectivity index (χ0) is 46.6. The number of aliphatic hydroxyl groups excluding tert-OH is 2. The topological polar surface area (TPSA) is 129 Å². The Balaban J connectivity index is 1.25. The molecule has 5 aromatic rings. The van der Waals surface area contributed by atoms with Crippen molar-refractivity contribution >= 4 is 22.6 Å². The lowest BCUT2D eigenvalue weighted by Gasteiger charge is -2.59. The van der Waals surface area contributed by atoms with E-state index in [1.807, 2.05) is 72.8 Å². The summed E-state index contributed by atoms with van der Waals surface area (Å²) in [4.78, 5) is 22.1. The lowest BCUT2D eigenvalue weighted by Crippen LogP contribution is -2.70. The molecule has 0 radical (unpaired) electrons. The van der Waals surface area contributed by atoms with Crippen molar-refractivity contribution in [2.45, 2.75) is 75.8 Å². The summed E-state index contributed by atoms with van der Waals surface area (Å²) >= 11 is 0. The van der Waals surface area contributed by atoms with Crippen LogP contribution in [-0.4, -0.2) is 78.9 Å². The number of carbonyl (C=O) groups is 1. The van der Waals surface area contributed by atoms with Crippen molar-refractivity contribution in [3.63, 3.8) is 0 Å². The average molecular weight is 913 g/mol. The van der Waals surface area contributed by atoms with Gasteiger partial charge < -0.3 is 38.7 Å². The van der Waals surface area contributed by atoms with Crippen molar-refractivity contribution in [3.05, 3.63) is 162 Å². The first-order chi connectivity index (χ1) is 32.8. The molecule has 0 aromatic heterocycles. The molecule has 2 N–H and O–H groups in total. The van der Waals surface area contributed by atoms with Crippen LogP contribution in [0.4, 0.5) is 9.18 Å². The van der Waals surface area contributed by atoms with Gasteiger partial charge in [0.05, 0.1) is 31.5 Å². The van der Waals surface area contributed by atoms with Crippen LogP contribution in [0.25, 0.3) is 10.8 Å². The minimum atomic E-state index is -1.53. The molecule has 11 nitrogen and oxygen atoms in total. The second-order valence-corrected chi connectivity index (χ2v) is 17.5. The van der Waals surface area contributed by atoms with Crippen LogP contribution in [0.15, 0.2) is 145 Å². The zero-order valence-corrected chi connectivity index (χ0v) is 38.1. The molecule has 3 aliphatic rings. The number of aliphatic hydroxyl groups is 2. The lowest BCUT2D eigenvalue weighted by molar-refractivity contribution is -0.256. The Morgan fingerprint density at radius 1 is 0.866 bits per heavy atom. The van der Waals surface area contributed by atoms with Gasteiger partial charge in [0.2, 0.25) is 5.79 Å². The van der Waals surface area contributed by atoms with Gasteiger partial charge in [-0.2, -0.15) is 0 Å². The average Bonchev–Trinajstić information content (AvgIpc) is 3.35. The number of halogens is 1. The number of amides is 1. The lowest BCUT2D eigenvalue weighted by atomic mass is 9.55. The van der Waals surface area contributed by atoms with Crippen LogP contribution in [0, 0.1) is 23.6 Å². The van der Waals surface area contributed by atoms with Crippen molar-refractivity contribution < 1.29 is 47.9 Å². The monoisotopic (exact) mass is 912 g/mol. The number of rotatable bonds is 22. The molecule has 6 atom stereocenters. The highest BCUT2D eigenvalue weighted by Gasteiger charge is 2.65. The van der Waals surface area contributed by atoms with Crippen LogP contribution >= 0.6 is 0 Å². The maximum absolute atomic E-state index is 14.8. The summed E-state index contributed by atoms with van der Waals surface area (Å²) in [6.45, 7) is 4.80. The number of hydrogen-bond donors (Lipinski definition) is 2. The number of benzene rings is 5. The van der Waals surface area contributed by atoms with Gasteiger partial charge in [0.1, 0.15) is 42.8 Å². The van der Waals surface area contributed by atoms with Gasteiger partial charge in [-0.25, -0.2) is 9.18 Å². The van der Waals surface area contributed by atoms with Crippen molar-refractivity contribution in [3.8, 4) is 17.2 Å². The quantitative estimate of drug-likeness (QED) is 0.0396. The number of hydrogen-bond acceptors (Lipinski definition) is 10. The largest absolute Gasteiger partial charge is 0.459 e. The molecule has 0 saturated heterocycles. The van der Waals surface area contributed by atoms with Gasteiger partial charge in [0.15, 0.2) is 0 Å². The van der Waals surface area contributed by atoms with Crippen LogP contribution in [0.3, 0.4) is 0 Å². The van der Waals surface area contributed by atoms with E-state index in [-0.39, 0.29) is 63.8 Å². The Bertz CT molecular complexity index is 2500. The van der Waals surface area contributed by atoms with Gasteiger partial charge >= 0.3 is 6.09 Å². The van der Waals surface area contributed by atoms with E-state index in [1.54, 1.807) is 23.1 Å². The Morgan fingerprint density at radius 3 is 2.36 bits per heavy atom. The summed E-state index contributed by atoms with van der Waals surface area (Å²) in [5, 5.41) is 26.8. The number of fused-ring (bicyclic) bond motifs is 3. The van der Waals surface area contributed by atoms with Crippen LogP contribution in [-0.2, 0) is 32.2 Å². The predicted molar refractivity (Wildman–Crippen MR) is 255 cm³/mol. The standard InChI is InChI=1S/C55H61FN2O9/c1-3-29-65-55-51(58(36-38-19-22-43(56)23-20-38)54(61)64-31-30-63-37-39-13-5-4-6-14-39)35-49(57-62-2)47-33-42(17-9-11-27-59)46(18-10-12-28-60)52(53(47)55)48-34-45(25-26-50(48)67-55)66-44-24-21-40-15-7-8-16-41(40)32-44/h3-8,13-16,19-26,32-34,42,46,51-53,59-60H,1,9-12,17-18,27-31,35-37H2,2H3. The smallest absolute Gasteiger partial charge is 0.410 e. The predicted octanol–water partition coefficient (Wildman–Crippen LogP) is 10.9. The molecular weight excluding hydrogens is 852 g/mol. The third kappa shape index (κ3) is 10.9. The minimum Gasteiger partial charge on any atom is -0.459 e. The fourth-order valence-corrected chi connectivity index (χ4v) is 10.3. The fraction of sp³-hybridized carbons (Fsp3) is 0.382. The Hall–Kier alpha value is -6.05. The molecule has 6 unspecified atom stereocenters. The summed E-state index contributed by atoms with van der Waals surface area (Å²) in [6, 6.07) is 35.0. The van der Waals surface area contributed by atoms with Crippen molar-refractivity contribution in [2.75, 3.05) is 40.1 Å². The van der Waals surface area contributed by atoms with Gasteiger partial charge in [0.25, 0.3) is 0 Å². The van der Waals surface area contributed by atoms with E-state index in [4.69, 9.17) is 28.5 Å². The summed E-state index contributed by atoms with van der Waals surface area (Å²) in [6.07, 6.45) is 7.94. The van der Waals surface area contributed by atoms with E-state index in [0.717, 1.165) is 53.2 Å². The van der Waals surface area contributed by atoms with Gasteiger partial charge in [-0.3, -0.25) is 4.90 Å². The number of oxime groups is 1. The molecule has 352 valence electrons. The molecule has 1 saturated carbocycles. The Morgan fingerprint density at radius 2 is 1.60 bits per heavy atom. The second-order valence-electron chi connectivity index (χ2n) is 17.5. The minimum absolute atomic E-state index is 0.00563. The molecule has 12 heteroatoms. The molecule has 1 amide bonds. The molecule has 8 rings (SSSR count). The third-order valence-electron chi connectivity index (χ3n) is 13.2. The van der Waals surface area contributed by atoms with Gasteiger partial charge in [-0.15, -0.1) is 6.58 Å². The number of allylic oxidation sites excluding steroid dienone is 1. The normalized spacial score (nSPS) is 22.2. The van der Waals surface area contributed by atoms with E-state index >= 15 is 0 Å². The van der Waals surface area contributed by atoms with Gasteiger partial charge in [-0.1, -0.05) is 103 Å². The highest BCUT2D eigenvalue weighted by atomic mass is 19.1. The molecule has 2 aliphatic carbocycles. The summed E-state index contributed by atoms with van der Waals surface area (Å²) in [5.74, 6) is -0.787. The SMILES string of the molecule is C=CCOC12Oc3ccc(Oc4ccc5ccccc5c4)cc3C3C(CCCCO)C(CCCCO)C=C(C(=NOC)CC1N(Cc1ccc(F)cc1)C(=O)OCCOCc1ccccc1)C32. The molecule has 67 heavy (non-hydrogen) atoms. The number of ether oxygens (including phenoxy) is 5. The van der Waals surface area contributed by atoms with Gasteiger partial charge in [-0.05, 0) is 107 Å². The van der Waals surface area contributed by atoms with Crippen LogP contribution in [0.5, 0.6) is 17.2 Å². The van der Waals surface area contributed by atoms with Crippen molar-refractivity contribution in [1.29, 1.82) is 0 Å². The van der Waals surface area contributed by atoms with Crippen molar-refractivity contribution in [1.82, 2.24) is 4.90 Å². The van der Waals surface area contributed by atoms with Crippen LogP contribution in [0.2, 0.25) is 0 Å². The van der Waals surface area contributed by atoms with Gasteiger partial charge in [0, 0.05) is 37.7 Å². The van der Waals surface area contributed by atoms with E-state index in [1.165, 1.54) is 19.2 Å². The number of unbranched alkanes of at least 4 members (excludes halogenated alkanes) is 2. The first-order valence-corrected chi connectivity index (χ1v) is 23.4. The molecular formula is C55H61FN2O9. The first-order valence-electron chi connectivity index (χ1n) is 23.4. The Kier molecular flexibility index (Phi) is 16.0. The van der Waals surface area contributed by atoms with E-state index < -0.39 is 29.7 Å². The summed E-state index contributed by atoms with van der Waals surface area (Å²) < 4.78 is 47.4. The Labute approximate surface area is 392 Å². The highest BCUT2D eigenvalue weighted by Crippen LogP contribution is 2.62. The van der Waals surface area contributed by atoms with Crippen LogP contribution in [0.1, 0.15) is 67.6 Å². The maximum Gasteiger partial charge on any atom is 0.410 e. The molecule has 5 aromatic carbocycles. The highest BCUT2D eigenvalue weighted by molar-refractivity contribution is 6.03. The summed E-state index contributed by atoms with van der Waals surface area (Å²) in [7, 11) is 1.51. The maximum atomic E-state index is 14.8. The molecule has 0 bridgehead atoms. The molecule has 0 spiro atoms. The number of nitrogens with zero attached hydrogens (tertiary/aromatic N) is 2. The van der Waals surface area contributed by atoms with E-state index in [0.29, 0.717) is 48.0 Å². The molecule has 1 heterocycles. The fourth-order valence-electron chi connectivity index (χ4n) is 10.3. The zero-order valence-electron chi connectivity index (χ0n) is 38.1. The van der Waals surface area contributed by atoms with Crippen molar-refractivity contribution in [2.24, 2.45) is 22.9 Å². The molecule has 1 aliphatic heterocycles. The molecule has 1 fully saturated rings.